The summed E-state index contributed by atoms with van der Waals surface area (Å²) in [4.78, 5) is 12.7. The lowest BCUT2D eigenvalue weighted by molar-refractivity contribution is 0.0947. The summed E-state index contributed by atoms with van der Waals surface area (Å²) in [5, 5.41) is 4.72. The molecule has 3 rings (SSSR count). The molecule has 0 radical (unpaired) electrons. The van der Waals surface area contributed by atoms with Crippen LogP contribution in [-0.2, 0) is 4.74 Å². The average molecular weight is 370 g/mol. The minimum atomic E-state index is -0.308. The van der Waals surface area contributed by atoms with Crippen LogP contribution in [-0.4, -0.2) is 30.3 Å². The molecule has 1 fully saturated rings. The van der Waals surface area contributed by atoms with Crippen LogP contribution in [0.5, 0.6) is 0 Å². The molecule has 1 saturated heterocycles. The Balaban J connectivity index is 1.53. The first-order chi connectivity index (χ1) is 11.1. The molecule has 5 nitrogen and oxygen atoms in total. The summed E-state index contributed by atoms with van der Waals surface area (Å²) in [7, 11) is 0. The molecule has 1 atom stereocenters. The van der Waals surface area contributed by atoms with Crippen molar-refractivity contribution in [3.63, 3.8) is 0 Å². The molecule has 1 amide bonds. The van der Waals surface area contributed by atoms with Crippen molar-refractivity contribution in [1.29, 1.82) is 0 Å². The van der Waals surface area contributed by atoms with E-state index in [-0.39, 0.29) is 12.0 Å². The Bertz CT molecular complexity index is 729. The van der Waals surface area contributed by atoms with Gasteiger partial charge in [-0.3, -0.25) is 15.6 Å². The quantitative estimate of drug-likeness (QED) is 0.573. The number of amides is 1. The maximum Gasteiger partial charge on any atom is 0.281 e. The molecule has 1 aromatic heterocycles. The highest BCUT2D eigenvalue weighted by Gasteiger charge is 2.18. The van der Waals surface area contributed by atoms with Gasteiger partial charge in [-0.1, -0.05) is 29.8 Å². The predicted molar refractivity (Wildman–Crippen MR) is 97.0 cm³/mol. The number of hydrazine groups is 1. The topological polar surface area (TPSA) is 62.4 Å². The van der Waals surface area contributed by atoms with Crippen LogP contribution in [0, 0.1) is 0 Å². The number of halogens is 1. The molecule has 0 bridgehead atoms. The molecule has 1 aliphatic rings. The van der Waals surface area contributed by atoms with E-state index in [2.05, 4.69) is 16.2 Å². The lowest BCUT2D eigenvalue weighted by atomic mass is 10.2. The van der Waals surface area contributed by atoms with Crippen molar-refractivity contribution in [2.75, 3.05) is 13.2 Å². The lowest BCUT2D eigenvalue weighted by Crippen LogP contribution is -2.48. The first-order valence-corrected chi connectivity index (χ1v) is 8.88. The third kappa shape index (κ3) is 3.92. The monoisotopic (exact) mass is 369 g/mol. The second-order valence-electron chi connectivity index (χ2n) is 5.17. The third-order valence-corrected chi connectivity index (χ3v) is 5.47. The van der Waals surface area contributed by atoms with Crippen molar-refractivity contribution in [2.24, 2.45) is 0 Å². The molecule has 1 aromatic carbocycles. The van der Waals surface area contributed by atoms with Gasteiger partial charge in [-0.15, -0.1) is 11.3 Å². The highest BCUT2D eigenvalue weighted by molar-refractivity contribution is 7.80. The van der Waals surface area contributed by atoms with Crippen LogP contribution in [0.2, 0.25) is 5.02 Å². The number of carbonyl (C=O) groups is 1. The van der Waals surface area contributed by atoms with Crippen molar-refractivity contribution in [1.82, 2.24) is 16.2 Å². The number of hydrogen-bond donors (Lipinski definition) is 3. The highest BCUT2D eigenvalue weighted by Crippen LogP contribution is 2.34. The summed E-state index contributed by atoms with van der Waals surface area (Å²) in [6, 6.07) is 7.64. The number of ether oxygens (including phenoxy) is 1. The molecule has 3 N–H and O–H groups in total. The van der Waals surface area contributed by atoms with E-state index in [1.54, 1.807) is 0 Å². The Morgan fingerprint density at radius 2 is 2.22 bits per heavy atom. The number of nitrogens with one attached hydrogen (secondary N) is 3. The fraction of sp³-hybridized carbons (Fsp3) is 0.333. The van der Waals surface area contributed by atoms with Crippen molar-refractivity contribution in [3.05, 3.63) is 34.2 Å². The molecule has 1 aliphatic heterocycles. The largest absolute Gasteiger partial charge is 0.376 e. The summed E-state index contributed by atoms with van der Waals surface area (Å²) >= 11 is 12.8. The third-order valence-electron chi connectivity index (χ3n) is 3.54. The first-order valence-electron chi connectivity index (χ1n) is 7.28. The Morgan fingerprint density at radius 1 is 1.39 bits per heavy atom. The number of thiocarbonyl (C=S) groups is 1. The molecule has 0 aliphatic carbocycles. The maximum absolute atomic E-state index is 12.2. The molecule has 2 heterocycles. The van der Waals surface area contributed by atoms with Gasteiger partial charge in [0.05, 0.1) is 11.1 Å². The van der Waals surface area contributed by atoms with Gasteiger partial charge in [0.15, 0.2) is 5.11 Å². The van der Waals surface area contributed by atoms with Crippen molar-refractivity contribution < 1.29 is 9.53 Å². The van der Waals surface area contributed by atoms with E-state index in [0.717, 1.165) is 29.5 Å². The van der Waals surface area contributed by atoms with Gasteiger partial charge in [-0.05, 0) is 31.1 Å². The van der Waals surface area contributed by atoms with Gasteiger partial charge in [0.25, 0.3) is 5.91 Å². The van der Waals surface area contributed by atoms with Gasteiger partial charge < -0.3 is 10.1 Å². The molecule has 122 valence electrons. The minimum absolute atomic E-state index is 0.183. The average Bonchev–Trinajstić information content (AvgIpc) is 3.19. The van der Waals surface area contributed by atoms with Gasteiger partial charge in [0.2, 0.25) is 0 Å². The summed E-state index contributed by atoms with van der Waals surface area (Å²) in [5.74, 6) is -0.308. The Hall–Kier alpha value is -1.41. The standard InChI is InChI=1S/C15H16ClN3O2S2/c16-12-10-5-1-2-6-11(10)23-13(12)14(20)18-19-15(22)17-8-9-4-3-7-21-9/h1-2,5-6,9H,3-4,7-8H2,(H,18,20)(H2,17,19,22)/t9-/m0/s1. The van der Waals surface area contributed by atoms with Crippen LogP contribution in [0.3, 0.4) is 0 Å². The number of fused-ring (bicyclic) bond motifs is 1. The van der Waals surface area contributed by atoms with Crippen molar-refractivity contribution >= 4 is 56.3 Å². The fourth-order valence-electron chi connectivity index (χ4n) is 2.39. The molecule has 0 spiro atoms. The first kappa shape index (κ1) is 16.4. The van der Waals surface area contributed by atoms with Gasteiger partial charge in [-0.25, -0.2) is 0 Å². The number of hydrogen-bond acceptors (Lipinski definition) is 4. The van der Waals surface area contributed by atoms with E-state index in [1.165, 1.54) is 11.3 Å². The number of benzene rings is 1. The van der Waals surface area contributed by atoms with E-state index in [0.29, 0.717) is 21.6 Å². The zero-order chi connectivity index (χ0) is 16.2. The van der Waals surface area contributed by atoms with Crippen molar-refractivity contribution in [2.45, 2.75) is 18.9 Å². The van der Waals surface area contributed by atoms with Crippen LogP contribution in [0.25, 0.3) is 10.1 Å². The number of rotatable bonds is 3. The van der Waals surface area contributed by atoms with Crippen LogP contribution < -0.4 is 16.2 Å². The van der Waals surface area contributed by atoms with Crippen LogP contribution in [0.1, 0.15) is 22.5 Å². The zero-order valence-electron chi connectivity index (χ0n) is 12.2. The SMILES string of the molecule is O=C(NNC(=S)NC[C@@H]1CCCO1)c1sc2ccccc2c1Cl. The highest BCUT2D eigenvalue weighted by atomic mass is 35.5. The molecule has 0 unspecified atom stereocenters. The molecular formula is C15H16ClN3O2S2. The van der Waals surface area contributed by atoms with E-state index >= 15 is 0 Å². The van der Waals surface area contributed by atoms with Crippen molar-refractivity contribution in [3.8, 4) is 0 Å². The molecule has 8 heteroatoms. The second kappa shape index (κ2) is 7.44. The number of thiophene rings is 1. The number of carbonyl (C=O) groups excluding carboxylic acids is 1. The summed E-state index contributed by atoms with van der Waals surface area (Å²) < 4.78 is 6.47. The van der Waals surface area contributed by atoms with Gasteiger partial charge in [0.1, 0.15) is 4.88 Å². The fourth-order valence-corrected chi connectivity index (χ4v) is 3.93. The predicted octanol–water partition coefficient (Wildman–Crippen LogP) is 2.84. The molecule has 0 saturated carbocycles. The maximum atomic E-state index is 12.2. The smallest absolute Gasteiger partial charge is 0.281 e. The lowest BCUT2D eigenvalue weighted by Gasteiger charge is -2.14. The van der Waals surface area contributed by atoms with Crippen LogP contribution in [0.4, 0.5) is 0 Å². The van der Waals surface area contributed by atoms with Crippen LogP contribution >= 0.6 is 35.2 Å². The van der Waals surface area contributed by atoms with E-state index in [1.807, 2.05) is 24.3 Å². The van der Waals surface area contributed by atoms with Crippen LogP contribution in [0.15, 0.2) is 24.3 Å². The second-order valence-corrected chi connectivity index (χ2v) is 7.00. The van der Waals surface area contributed by atoms with E-state index in [4.69, 9.17) is 28.6 Å². The van der Waals surface area contributed by atoms with E-state index in [9.17, 15) is 4.79 Å². The normalized spacial score (nSPS) is 17.2. The molecule has 23 heavy (non-hydrogen) atoms. The zero-order valence-corrected chi connectivity index (χ0v) is 14.6. The molecule has 2 aromatic rings. The van der Waals surface area contributed by atoms with Gasteiger partial charge in [-0.2, -0.15) is 0 Å². The molecular weight excluding hydrogens is 354 g/mol. The Morgan fingerprint density at radius 3 is 2.96 bits per heavy atom. The van der Waals surface area contributed by atoms with Gasteiger partial charge in [0, 0.05) is 23.2 Å². The van der Waals surface area contributed by atoms with Gasteiger partial charge >= 0.3 is 0 Å². The summed E-state index contributed by atoms with van der Waals surface area (Å²) in [6.07, 6.45) is 2.29. The van der Waals surface area contributed by atoms with E-state index < -0.39 is 0 Å². The summed E-state index contributed by atoms with van der Waals surface area (Å²) in [5.41, 5.74) is 5.26. The minimum Gasteiger partial charge on any atom is -0.376 e. The summed E-state index contributed by atoms with van der Waals surface area (Å²) in [6.45, 7) is 1.43. The Kier molecular flexibility index (Phi) is 5.32. The Labute approximate surface area is 148 Å².